The number of likely N-dealkylation sites (N-methyl/N-ethyl adjacent to an activating group) is 1. The van der Waals surface area contributed by atoms with Crippen molar-refractivity contribution >= 4 is 22.6 Å². The van der Waals surface area contributed by atoms with E-state index < -0.39 is 11.9 Å². The van der Waals surface area contributed by atoms with E-state index >= 15 is 0 Å². The number of nitrogens with zero attached hydrogens (tertiary/aromatic N) is 3. The lowest BCUT2D eigenvalue weighted by atomic mass is 10.0. The lowest BCUT2D eigenvalue weighted by molar-refractivity contribution is 0.0589. The number of aromatic nitrogens is 2. The maximum atomic E-state index is 13.7. The number of rotatable bonds is 9. The third kappa shape index (κ3) is 4.99. The summed E-state index contributed by atoms with van der Waals surface area (Å²) >= 11 is 0. The first-order chi connectivity index (χ1) is 17.9. The minimum absolute atomic E-state index is 0.0707. The van der Waals surface area contributed by atoms with Crippen LogP contribution in [0.1, 0.15) is 20.8 Å². The van der Waals surface area contributed by atoms with E-state index in [1.165, 1.54) is 21.3 Å². The average Bonchev–Trinajstić information content (AvgIpc) is 3.31. The first kappa shape index (κ1) is 25.7. The van der Waals surface area contributed by atoms with Crippen LogP contribution >= 0.6 is 0 Å². The van der Waals surface area contributed by atoms with Crippen LogP contribution in [0.5, 0.6) is 11.5 Å². The second-order valence-corrected chi connectivity index (χ2v) is 8.57. The van der Waals surface area contributed by atoms with Gasteiger partial charge in [0, 0.05) is 18.5 Å². The van der Waals surface area contributed by atoms with Crippen molar-refractivity contribution in [2.45, 2.75) is 0 Å². The normalized spacial score (nSPS) is 11.0. The van der Waals surface area contributed by atoms with Gasteiger partial charge in [0.15, 0.2) is 5.69 Å². The summed E-state index contributed by atoms with van der Waals surface area (Å²) in [5.74, 6) is -0.275. The Morgan fingerprint density at radius 3 is 2.22 bits per heavy atom. The minimum Gasteiger partial charge on any atom is -0.496 e. The predicted molar refractivity (Wildman–Crippen MR) is 142 cm³/mol. The largest absolute Gasteiger partial charge is 0.496 e. The van der Waals surface area contributed by atoms with Crippen LogP contribution in [0, 0.1) is 0 Å². The quantitative estimate of drug-likeness (QED) is 0.348. The van der Waals surface area contributed by atoms with Crippen LogP contribution < -0.4 is 14.8 Å². The van der Waals surface area contributed by atoms with Crippen molar-refractivity contribution in [1.29, 1.82) is 0 Å². The summed E-state index contributed by atoms with van der Waals surface area (Å²) in [4.78, 5) is 28.6. The average molecular weight is 503 g/mol. The second-order valence-electron chi connectivity index (χ2n) is 8.57. The van der Waals surface area contributed by atoms with Crippen LogP contribution in [-0.2, 0) is 4.74 Å². The Labute approximate surface area is 215 Å². The summed E-state index contributed by atoms with van der Waals surface area (Å²) in [6.45, 7) is 0.985. The number of carbonyl (C=O) groups excluding carboxylic acids is 2. The van der Waals surface area contributed by atoms with Crippen LogP contribution in [0.15, 0.2) is 60.7 Å². The lowest BCUT2D eigenvalue weighted by Crippen LogP contribution is -2.32. The molecule has 0 fully saturated rings. The van der Waals surface area contributed by atoms with Crippen LogP contribution in [0.3, 0.4) is 0 Å². The van der Waals surface area contributed by atoms with E-state index in [2.05, 4.69) is 10.4 Å². The highest BCUT2D eigenvalue weighted by Gasteiger charge is 2.33. The number of esters is 1. The van der Waals surface area contributed by atoms with E-state index in [0.29, 0.717) is 41.5 Å². The highest BCUT2D eigenvalue weighted by atomic mass is 16.5. The Balaban J connectivity index is 2.10. The van der Waals surface area contributed by atoms with Gasteiger partial charge in [0.25, 0.3) is 5.91 Å². The third-order valence-corrected chi connectivity index (χ3v) is 6.00. The number of fused-ring (bicyclic) bond motifs is 1. The first-order valence-corrected chi connectivity index (χ1v) is 11.7. The molecule has 9 heteroatoms. The van der Waals surface area contributed by atoms with E-state index in [-0.39, 0.29) is 11.3 Å². The summed E-state index contributed by atoms with van der Waals surface area (Å²) in [6.07, 6.45) is 0. The van der Waals surface area contributed by atoms with Gasteiger partial charge < -0.3 is 24.4 Å². The number of hydrogen-bond acceptors (Lipinski definition) is 7. The molecule has 0 radical (unpaired) electrons. The third-order valence-electron chi connectivity index (χ3n) is 6.00. The predicted octanol–water partition coefficient (Wildman–Crippen LogP) is 3.79. The molecule has 3 aromatic carbocycles. The molecule has 4 aromatic rings. The molecule has 0 bridgehead atoms. The zero-order valence-corrected chi connectivity index (χ0v) is 21.6. The minimum atomic E-state index is -0.730. The van der Waals surface area contributed by atoms with Crippen molar-refractivity contribution in [3.63, 3.8) is 0 Å². The molecule has 9 nitrogen and oxygen atoms in total. The second kappa shape index (κ2) is 11.1. The van der Waals surface area contributed by atoms with E-state index in [9.17, 15) is 9.59 Å². The maximum Gasteiger partial charge on any atom is 0.359 e. The number of ether oxygens (including phenoxy) is 3. The van der Waals surface area contributed by atoms with E-state index in [0.717, 1.165) is 10.8 Å². The van der Waals surface area contributed by atoms with E-state index in [1.54, 1.807) is 22.9 Å². The molecule has 0 saturated carbocycles. The molecular formula is C28H30N4O5. The van der Waals surface area contributed by atoms with Crippen molar-refractivity contribution in [2.24, 2.45) is 0 Å². The van der Waals surface area contributed by atoms with Crippen LogP contribution in [-0.4, -0.2) is 75.1 Å². The van der Waals surface area contributed by atoms with E-state index in [1.807, 2.05) is 61.5 Å². The highest BCUT2D eigenvalue weighted by Crippen LogP contribution is 2.42. The molecule has 1 aromatic heterocycles. The van der Waals surface area contributed by atoms with Crippen LogP contribution in [0.4, 0.5) is 0 Å². The molecule has 0 unspecified atom stereocenters. The van der Waals surface area contributed by atoms with Gasteiger partial charge in [-0.25, -0.2) is 9.48 Å². The van der Waals surface area contributed by atoms with Crippen molar-refractivity contribution in [2.75, 3.05) is 48.5 Å². The molecule has 0 aliphatic heterocycles. The monoisotopic (exact) mass is 502 g/mol. The van der Waals surface area contributed by atoms with E-state index in [4.69, 9.17) is 14.2 Å². The standard InChI is InChI=1S/C28H30N4O5/c1-31(2)17-16-29-27(33)24-25(28(34)37-5)30-32(20-13-8-11-18-10-6-7-12-19(18)20)26(24)23-21(35-3)14-9-15-22(23)36-4/h6-15H,16-17H2,1-5H3,(H,29,33). The Kier molecular flexibility index (Phi) is 7.74. The van der Waals surface area contributed by atoms with Gasteiger partial charge in [0.2, 0.25) is 0 Å². The molecule has 1 heterocycles. The summed E-state index contributed by atoms with van der Waals surface area (Å²) in [5, 5.41) is 9.43. The van der Waals surface area contributed by atoms with Gasteiger partial charge in [-0.05, 0) is 37.7 Å². The maximum absolute atomic E-state index is 13.7. The van der Waals surface area contributed by atoms with Gasteiger partial charge in [-0.2, -0.15) is 5.10 Å². The fraction of sp³-hybridized carbons (Fsp3) is 0.250. The number of methoxy groups -OCH3 is 3. The van der Waals surface area contributed by atoms with Crippen molar-refractivity contribution in [1.82, 2.24) is 20.0 Å². The van der Waals surface area contributed by atoms with Gasteiger partial charge >= 0.3 is 5.97 Å². The molecule has 0 saturated heterocycles. The van der Waals surface area contributed by atoms with Crippen molar-refractivity contribution in [3.8, 4) is 28.4 Å². The molecular weight excluding hydrogens is 472 g/mol. The summed E-state index contributed by atoms with van der Waals surface area (Å²) < 4.78 is 18.0. The Morgan fingerprint density at radius 1 is 0.919 bits per heavy atom. The van der Waals surface area contributed by atoms with Crippen molar-refractivity contribution < 1.29 is 23.8 Å². The number of benzene rings is 3. The number of hydrogen-bond donors (Lipinski definition) is 1. The molecule has 4 rings (SSSR count). The van der Waals surface area contributed by atoms with Gasteiger partial charge in [0.05, 0.1) is 38.3 Å². The molecule has 1 N–H and O–H groups in total. The SMILES string of the molecule is COC(=O)c1nn(-c2cccc3ccccc23)c(-c2c(OC)cccc2OC)c1C(=O)NCCN(C)C. The fourth-order valence-electron chi connectivity index (χ4n) is 4.24. The Hall–Kier alpha value is -4.37. The van der Waals surface area contributed by atoms with Gasteiger partial charge in [-0.1, -0.05) is 42.5 Å². The Morgan fingerprint density at radius 2 is 1.57 bits per heavy atom. The zero-order chi connectivity index (χ0) is 26.5. The van der Waals surface area contributed by atoms with Gasteiger partial charge in [-0.3, -0.25) is 4.79 Å². The smallest absolute Gasteiger partial charge is 0.359 e. The topological polar surface area (TPSA) is 94.9 Å². The van der Waals surface area contributed by atoms with Crippen LogP contribution in [0.25, 0.3) is 27.7 Å². The number of nitrogens with one attached hydrogen (secondary N) is 1. The zero-order valence-electron chi connectivity index (χ0n) is 21.6. The molecule has 37 heavy (non-hydrogen) atoms. The van der Waals surface area contributed by atoms with Crippen LogP contribution in [0.2, 0.25) is 0 Å². The number of amides is 1. The summed E-state index contributed by atoms with van der Waals surface area (Å²) in [6, 6.07) is 18.9. The molecule has 0 atom stereocenters. The molecule has 0 aliphatic rings. The molecule has 0 aliphatic carbocycles. The Bertz CT molecular complexity index is 1420. The fourth-order valence-corrected chi connectivity index (χ4v) is 4.24. The first-order valence-electron chi connectivity index (χ1n) is 11.7. The van der Waals surface area contributed by atoms with Gasteiger partial charge in [-0.15, -0.1) is 0 Å². The highest BCUT2D eigenvalue weighted by molar-refractivity contribution is 6.10. The summed E-state index contributed by atoms with van der Waals surface area (Å²) in [7, 11) is 8.16. The molecule has 192 valence electrons. The summed E-state index contributed by atoms with van der Waals surface area (Å²) in [5.41, 5.74) is 1.48. The molecule has 1 amide bonds. The lowest BCUT2D eigenvalue weighted by Gasteiger charge is -2.17. The van der Waals surface area contributed by atoms with Gasteiger partial charge in [0.1, 0.15) is 17.1 Å². The number of carbonyl (C=O) groups is 2. The van der Waals surface area contributed by atoms with Crippen molar-refractivity contribution in [3.05, 3.63) is 71.9 Å². The molecule has 0 spiro atoms.